The Morgan fingerprint density at radius 1 is 1.33 bits per heavy atom. The number of thiophene rings is 1. The van der Waals surface area contributed by atoms with E-state index in [0.717, 1.165) is 17.4 Å². The van der Waals surface area contributed by atoms with Gasteiger partial charge in [0.2, 0.25) is 0 Å². The van der Waals surface area contributed by atoms with Crippen LogP contribution in [-0.4, -0.2) is 49.0 Å². The molecule has 1 rings (SSSR count). The highest BCUT2D eigenvalue weighted by Crippen LogP contribution is 2.35. The first-order valence-electron chi connectivity index (χ1n) is 6.62. The molecule has 27 heavy (non-hydrogen) atoms. The fourth-order valence-corrected chi connectivity index (χ4v) is 3.71. The Kier molecular flexibility index (Phi) is 6.41. The third-order valence-corrected chi connectivity index (χ3v) is 5.60. The van der Waals surface area contributed by atoms with Gasteiger partial charge in [-0.15, -0.1) is 11.3 Å². The second-order valence-electron chi connectivity index (χ2n) is 5.23. The molecule has 7 nitrogen and oxygen atoms in total. The van der Waals surface area contributed by atoms with Crippen molar-refractivity contribution in [3.8, 4) is 11.1 Å². The maximum atomic E-state index is 12.8. The van der Waals surface area contributed by atoms with Crippen LogP contribution in [0.5, 0.6) is 5.06 Å². The third-order valence-electron chi connectivity index (χ3n) is 3.08. The molecule has 1 atom stereocenters. The van der Waals surface area contributed by atoms with E-state index in [4.69, 9.17) is 15.7 Å². The number of carbonyl (C=O) groups is 1. The molecule has 0 saturated carbocycles. The number of nitrogens with zero attached hydrogens (tertiary/aromatic N) is 2. The van der Waals surface area contributed by atoms with Gasteiger partial charge in [0.25, 0.3) is 5.91 Å². The Hall–Kier alpha value is -2.05. The van der Waals surface area contributed by atoms with Gasteiger partial charge in [0.05, 0.1) is 11.6 Å². The van der Waals surface area contributed by atoms with Crippen molar-refractivity contribution >= 4 is 27.3 Å². The van der Waals surface area contributed by atoms with Gasteiger partial charge in [-0.1, -0.05) is 0 Å². The van der Waals surface area contributed by atoms with Crippen LogP contribution in [0.3, 0.4) is 0 Å². The first kappa shape index (κ1) is 23.0. The second kappa shape index (κ2) is 7.52. The number of carbonyl (C=O) groups excluding carboxylic acids is 1. The summed E-state index contributed by atoms with van der Waals surface area (Å²) in [4.78, 5) is 11.2. The summed E-state index contributed by atoms with van der Waals surface area (Å²) >= 11 is 0.722. The van der Waals surface area contributed by atoms with Crippen molar-refractivity contribution in [2.24, 2.45) is 5.73 Å². The molecule has 0 aromatic carbocycles. The summed E-state index contributed by atoms with van der Waals surface area (Å²) in [6.45, 7) is -3.27. The molecule has 0 saturated heterocycles. The standard InChI is InChI=1S/C12H11F6N3O4S2/c1-10(4-19,6-25-9-7(8(20)22)2-3-26-9)21(5-11(13,14)15)27(23,24)12(16,17)18/h2-3H,5-6H2,1H3,(H2,20,22)/t10-/m0/s1. The number of halogens is 6. The number of nitriles is 1. The zero-order chi connectivity index (χ0) is 21.3. The van der Waals surface area contributed by atoms with Crippen LogP contribution >= 0.6 is 11.3 Å². The molecule has 1 amide bonds. The summed E-state index contributed by atoms with van der Waals surface area (Å²) < 4.78 is 104. The number of hydrogen-bond donors (Lipinski definition) is 1. The van der Waals surface area contributed by atoms with E-state index in [9.17, 15) is 39.6 Å². The maximum absolute atomic E-state index is 12.8. The molecule has 0 aliphatic heterocycles. The number of ether oxygens (including phenoxy) is 1. The Labute approximate surface area is 153 Å². The minimum absolute atomic E-state index is 0.235. The van der Waals surface area contributed by atoms with Gasteiger partial charge in [-0.2, -0.15) is 35.9 Å². The van der Waals surface area contributed by atoms with Gasteiger partial charge < -0.3 is 10.5 Å². The minimum Gasteiger partial charge on any atom is -0.480 e. The average Bonchev–Trinajstić information content (AvgIpc) is 2.97. The van der Waals surface area contributed by atoms with Crippen LogP contribution in [0, 0.1) is 11.3 Å². The normalized spacial score (nSPS) is 15.2. The molecular formula is C12H11F6N3O4S2. The number of hydrogen-bond acceptors (Lipinski definition) is 6. The van der Waals surface area contributed by atoms with Gasteiger partial charge in [-0.05, 0) is 18.4 Å². The van der Waals surface area contributed by atoms with Crippen molar-refractivity contribution in [1.82, 2.24) is 4.31 Å². The van der Waals surface area contributed by atoms with E-state index >= 15 is 0 Å². The zero-order valence-electron chi connectivity index (χ0n) is 13.3. The minimum atomic E-state index is -6.54. The van der Waals surface area contributed by atoms with Gasteiger partial charge in [0, 0.05) is 0 Å². The van der Waals surface area contributed by atoms with Crippen LogP contribution in [0.2, 0.25) is 0 Å². The smallest absolute Gasteiger partial charge is 0.480 e. The van der Waals surface area contributed by atoms with Crippen LogP contribution in [0.15, 0.2) is 11.4 Å². The van der Waals surface area contributed by atoms with Gasteiger partial charge in [-0.25, -0.2) is 8.42 Å². The van der Waals surface area contributed by atoms with Crippen molar-refractivity contribution in [1.29, 1.82) is 5.26 Å². The van der Waals surface area contributed by atoms with E-state index < -0.39 is 50.6 Å². The predicted molar refractivity (Wildman–Crippen MR) is 80.1 cm³/mol. The van der Waals surface area contributed by atoms with Crippen LogP contribution in [0.4, 0.5) is 26.3 Å². The predicted octanol–water partition coefficient (Wildman–Crippen LogP) is 2.22. The average molecular weight is 439 g/mol. The molecule has 0 radical (unpaired) electrons. The number of rotatable bonds is 7. The topological polar surface area (TPSA) is 113 Å². The lowest BCUT2D eigenvalue weighted by Crippen LogP contribution is -2.58. The largest absolute Gasteiger partial charge is 0.511 e. The van der Waals surface area contributed by atoms with Crippen molar-refractivity contribution in [2.75, 3.05) is 13.2 Å². The van der Waals surface area contributed by atoms with Crippen LogP contribution in [0.1, 0.15) is 17.3 Å². The number of nitrogens with two attached hydrogens (primary N) is 1. The molecule has 0 aliphatic rings. The molecule has 15 heteroatoms. The van der Waals surface area contributed by atoms with E-state index in [1.807, 2.05) is 0 Å². The first-order chi connectivity index (χ1) is 12.0. The summed E-state index contributed by atoms with van der Waals surface area (Å²) in [5.41, 5.74) is -4.20. The highest BCUT2D eigenvalue weighted by atomic mass is 32.2. The van der Waals surface area contributed by atoms with E-state index in [0.29, 0.717) is 6.92 Å². The second-order valence-corrected chi connectivity index (χ2v) is 7.97. The maximum Gasteiger partial charge on any atom is 0.511 e. The van der Waals surface area contributed by atoms with Gasteiger partial charge >= 0.3 is 21.7 Å². The molecule has 1 aromatic rings. The lowest BCUT2D eigenvalue weighted by molar-refractivity contribution is -0.145. The van der Waals surface area contributed by atoms with E-state index in [1.165, 1.54) is 11.4 Å². The fourth-order valence-electron chi connectivity index (χ4n) is 1.77. The molecule has 152 valence electrons. The molecule has 0 aliphatic carbocycles. The highest BCUT2D eigenvalue weighted by molar-refractivity contribution is 7.90. The Balaban J connectivity index is 3.32. The molecular weight excluding hydrogens is 428 g/mol. The third kappa shape index (κ3) is 5.23. The highest BCUT2D eigenvalue weighted by Gasteiger charge is 2.58. The molecule has 0 unspecified atom stereocenters. The summed E-state index contributed by atoms with van der Waals surface area (Å²) in [5.74, 6) is -1.00. The van der Waals surface area contributed by atoms with Gasteiger partial charge in [0.15, 0.2) is 10.6 Å². The molecule has 0 fully saturated rings. The zero-order valence-corrected chi connectivity index (χ0v) is 14.9. The van der Waals surface area contributed by atoms with Crippen LogP contribution in [-0.2, 0) is 10.0 Å². The number of primary amides is 1. The summed E-state index contributed by atoms with van der Waals surface area (Å²) in [6, 6.07) is 2.27. The van der Waals surface area contributed by atoms with Crippen molar-refractivity contribution in [3.05, 3.63) is 17.0 Å². The monoisotopic (exact) mass is 439 g/mol. The van der Waals surface area contributed by atoms with Gasteiger partial charge in [-0.3, -0.25) is 4.79 Å². The van der Waals surface area contributed by atoms with Crippen molar-refractivity contribution in [2.45, 2.75) is 24.1 Å². The lowest BCUT2D eigenvalue weighted by Gasteiger charge is -2.35. The van der Waals surface area contributed by atoms with Crippen LogP contribution in [0.25, 0.3) is 0 Å². The van der Waals surface area contributed by atoms with Crippen molar-refractivity contribution in [3.63, 3.8) is 0 Å². The lowest BCUT2D eigenvalue weighted by atomic mass is 10.1. The van der Waals surface area contributed by atoms with E-state index in [1.54, 1.807) is 0 Å². The Bertz CT molecular complexity index is 843. The summed E-state index contributed by atoms with van der Waals surface area (Å²) in [5, 5.41) is 10.1. The Morgan fingerprint density at radius 3 is 2.30 bits per heavy atom. The number of sulfonamides is 1. The van der Waals surface area contributed by atoms with Gasteiger partial charge in [0.1, 0.15) is 13.2 Å². The first-order valence-corrected chi connectivity index (χ1v) is 8.94. The number of amides is 1. The SMILES string of the molecule is C[C@](C#N)(COc1sccc1C(N)=O)N(CC(F)(F)F)S(=O)(=O)C(F)(F)F. The van der Waals surface area contributed by atoms with E-state index in [2.05, 4.69) is 0 Å². The van der Waals surface area contributed by atoms with Crippen molar-refractivity contribution < 1.29 is 44.3 Å². The summed E-state index contributed by atoms with van der Waals surface area (Å²) in [6.07, 6.45) is -5.38. The van der Waals surface area contributed by atoms with E-state index in [-0.39, 0.29) is 10.6 Å². The molecule has 0 bridgehead atoms. The Morgan fingerprint density at radius 2 is 1.89 bits per heavy atom. The molecule has 1 aromatic heterocycles. The molecule has 2 N–H and O–H groups in total. The molecule has 1 heterocycles. The number of alkyl halides is 6. The molecule has 0 spiro atoms. The fraction of sp³-hybridized carbons (Fsp3) is 0.500. The quantitative estimate of drug-likeness (QED) is 0.655. The summed E-state index contributed by atoms with van der Waals surface area (Å²) in [7, 11) is -6.54. The van der Waals surface area contributed by atoms with Crippen LogP contribution < -0.4 is 10.5 Å².